The van der Waals surface area contributed by atoms with Gasteiger partial charge in [0.1, 0.15) is 0 Å². The lowest BCUT2D eigenvalue weighted by Crippen LogP contribution is -2.00. The van der Waals surface area contributed by atoms with Crippen LogP contribution in [0.2, 0.25) is 0 Å². The van der Waals surface area contributed by atoms with Gasteiger partial charge in [0.15, 0.2) is 0 Å². The van der Waals surface area contributed by atoms with Gasteiger partial charge in [-0.15, -0.1) is 0 Å². The largest absolute Gasteiger partial charge is 0.256 e. The zero-order chi connectivity index (χ0) is 20.3. The number of benzene rings is 3. The molecule has 144 valence electrons. The Kier molecular flexibility index (Phi) is 4.62. The number of aromatic nitrogens is 3. The Morgan fingerprint density at radius 3 is 2.33 bits per heavy atom. The van der Waals surface area contributed by atoms with Gasteiger partial charge in [0.25, 0.3) is 0 Å². The number of hydrogen-bond acceptors (Lipinski definition) is 5. The molecule has 0 unspecified atom stereocenters. The SMILES string of the molecule is Cc1ccc(-c2nc(N/N=C\c3ccnc4ccccc34)nc3ccccc23)cc1. The van der Waals surface area contributed by atoms with Gasteiger partial charge in [-0.1, -0.05) is 66.2 Å². The quantitative estimate of drug-likeness (QED) is 0.321. The minimum Gasteiger partial charge on any atom is -0.256 e. The molecule has 0 bridgehead atoms. The van der Waals surface area contributed by atoms with Crippen molar-refractivity contribution < 1.29 is 0 Å². The van der Waals surface area contributed by atoms with E-state index in [-0.39, 0.29) is 0 Å². The molecule has 0 saturated heterocycles. The molecule has 0 radical (unpaired) electrons. The van der Waals surface area contributed by atoms with Crippen LogP contribution in [0.5, 0.6) is 0 Å². The second-order valence-electron chi connectivity index (χ2n) is 7.07. The van der Waals surface area contributed by atoms with Crippen LogP contribution in [0.4, 0.5) is 5.95 Å². The van der Waals surface area contributed by atoms with Crippen molar-refractivity contribution in [1.29, 1.82) is 0 Å². The highest BCUT2D eigenvalue weighted by Gasteiger charge is 2.09. The van der Waals surface area contributed by atoms with Gasteiger partial charge in [-0.3, -0.25) is 4.98 Å². The Morgan fingerprint density at radius 2 is 1.50 bits per heavy atom. The van der Waals surface area contributed by atoms with Crippen LogP contribution in [0.15, 0.2) is 90.2 Å². The zero-order valence-corrected chi connectivity index (χ0v) is 16.4. The fraction of sp³-hybridized carbons (Fsp3) is 0.0400. The van der Waals surface area contributed by atoms with Crippen LogP contribution in [0, 0.1) is 6.92 Å². The van der Waals surface area contributed by atoms with Crippen LogP contribution >= 0.6 is 0 Å². The van der Waals surface area contributed by atoms with Gasteiger partial charge >= 0.3 is 0 Å². The molecule has 5 rings (SSSR count). The third-order valence-electron chi connectivity index (χ3n) is 4.98. The molecule has 2 aromatic heterocycles. The fourth-order valence-corrected chi connectivity index (χ4v) is 3.45. The summed E-state index contributed by atoms with van der Waals surface area (Å²) in [5, 5.41) is 6.45. The second-order valence-corrected chi connectivity index (χ2v) is 7.07. The highest BCUT2D eigenvalue weighted by Crippen LogP contribution is 2.27. The topological polar surface area (TPSA) is 63.1 Å². The molecule has 5 nitrogen and oxygen atoms in total. The van der Waals surface area contributed by atoms with Gasteiger partial charge < -0.3 is 0 Å². The first-order valence-corrected chi connectivity index (χ1v) is 9.74. The number of nitrogens with zero attached hydrogens (tertiary/aromatic N) is 4. The molecule has 0 saturated carbocycles. The molecule has 5 heteroatoms. The van der Waals surface area contributed by atoms with Crippen LogP contribution in [-0.4, -0.2) is 21.2 Å². The molecule has 1 N–H and O–H groups in total. The number of nitrogens with one attached hydrogen (secondary N) is 1. The molecule has 30 heavy (non-hydrogen) atoms. The molecule has 0 aliphatic heterocycles. The van der Waals surface area contributed by atoms with Gasteiger partial charge in [-0.2, -0.15) is 5.10 Å². The minimum absolute atomic E-state index is 0.457. The Morgan fingerprint density at radius 1 is 0.767 bits per heavy atom. The molecule has 5 aromatic rings. The Balaban J connectivity index is 1.51. The number of hydrazone groups is 1. The molecule has 2 heterocycles. The first-order chi connectivity index (χ1) is 14.8. The lowest BCUT2D eigenvalue weighted by atomic mass is 10.1. The molecule has 0 amide bonds. The highest BCUT2D eigenvalue weighted by molar-refractivity contribution is 5.98. The van der Waals surface area contributed by atoms with E-state index in [2.05, 4.69) is 51.7 Å². The number of para-hydroxylation sites is 2. The van der Waals surface area contributed by atoms with E-state index >= 15 is 0 Å². The molecule has 0 atom stereocenters. The number of fused-ring (bicyclic) bond motifs is 2. The van der Waals surface area contributed by atoms with Gasteiger partial charge in [-0.05, 0) is 25.1 Å². The van der Waals surface area contributed by atoms with Crippen molar-refractivity contribution in [2.75, 3.05) is 5.43 Å². The van der Waals surface area contributed by atoms with Crippen molar-refractivity contribution in [3.63, 3.8) is 0 Å². The maximum atomic E-state index is 4.75. The smallest absolute Gasteiger partial charge is 0.244 e. The van der Waals surface area contributed by atoms with Gasteiger partial charge in [0.2, 0.25) is 5.95 Å². The summed E-state index contributed by atoms with van der Waals surface area (Å²) in [5.74, 6) is 0.457. The van der Waals surface area contributed by atoms with E-state index in [4.69, 9.17) is 4.98 Å². The van der Waals surface area contributed by atoms with E-state index in [9.17, 15) is 0 Å². The maximum Gasteiger partial charge on any atom is 0.244 e. The number of hydrogen-bond donors (Lipinski definition) is 1. The summed E-state index contributed by atoms with van der Waals surface area (Å²) in [6.45, 7) is 2.08. The first kappa shape index (κ1) is 17.9. The number of pyridine rings is 1. The van der Waals surface area contributed by atoms with Gasteiger partial charge in [0, 0.05) is 28.1 Å². The average molecular weight is 389 g/mol. The molecular formula is C25H19N5. The summed E-state index contributed by atoms with van der Waals surface area (Å²) in [6, 6.07) is 26.3. The van der Waals surface area contributed by atoms with E-state index in [1.54, 1.807) is 12.4 Å². The third kappa shape index (κ3) is 3.49. The maximum absolute atomic E-state index is 4.75. The van der Waals surface area contributed by atoms with E-state index in [0.717, 1.165) is 38.6 Å². The Bertz CT molecular complexity index is 1370. The van der Waals surface area contributed by atoms with Gasteiger partial charge in [0.05, 0.1) is 22.9 Å². The van der Waals surface area contributed by atoms with Crippen molar-refractivity contribution >= 4 is 34.0 Å². The molecular weight excluding hydrogens is 370 g/mol. The van der Waals surface area contributed by atoms with Crippen LogP contribution in [-0.2, 0) is 0 Å². The first-order valence-electron chi connectivity index (χ1n) is 9.74. The summed E-state index contributed by atoms with van der Waals surface area (Å²) >= 11 is 0. The lowest BCUT2D eigenvalue weighted by molar-refractivity contribution is 1.16. The number of rotatable bonds is 4. The van der Waals surface area contributed by atoms with Crippen molar-refractivity contribution in [1.82, 2.24) is 15.0 Å². The summed E-state index contributed by atoms with van der Waals surface area (Å²) in [7, 11) is 0. The average Bonchev–Trinajstić information content (AvgIpc) is 2.79. The predicted molar refractivity (Wildman–Crippen MR) is 123 cm³/mol. The third-order valence-corrected chi connectivity index (χ3v) is 4.98. The zero-order valence-electron chi connectivity index (χ0n) is 16.4. The highest BCUT2D eigenvalue weighted by atomic mass is 15.3. The molecule has 0 fully saturated rings. The predicted octanol–water partition coefficient (Wildman–Crippen LogP) is 5.60. The van der Waals surface area contributed by atoms with Gasteiger partial charge in [-0.25, -0.2) is 15.4 Å². The van der Waals surface area contributed by atoms with Crippen molar-refractivity contribution in [3.8, 4) is 11.3 Å². The fourth-order valence-electron chi connectivity index (χ4n) is 3.45. The van der Waals surface area contributed by atoms with Crippen LogP contribution in [0.1, 0.15) is 11.1 Å². The lowest BCUT2D eigenvalue weighted by Gasteiger charge is -2.09. The van der Waals surface area contributed by atoms with E-state index in [1.165, 1.54) is 5.56 Å². The number of anilines is 1. The Labute approximate surface area is 174 Å². The van der Waals surface area contributed by atoms with Crippen LogP contribution < -0.4 is 5.43 Å². The normalized spacial score (nSPS) is 11.4. The van der Waals surface area contributed by atoms with E-state index < -0.39 is 0 Å². The summed E-state index contributed by atoms with van der Waals surface area (Å²) in [4.78, 5) is 13.8. The molecule has 0 aliphatic rings. The van der Waals surface area contributed by atoms with E-state index in [0.29, 0.717) is 5.95 Å². The number of aryl methyl sites for hydroxylation is 1. The van der Waals surface area contributed by atoms with Crippen molar-refractivity contribution in [3.05, 3.63) is 96.2 Å². The summed E-state index contributed by atoms with van der Waals surface area (Å²) in [6.07, 6.45) is 3.56. The molecule has 0 aliphatic carbocycles. The Hall–Kier alpha value is -4.12. The second kappa shape index (κ2) is 7.72. The molecule has 0 spiro atoms. The van der Waals surface area contributed by atoms with Crippen LogP contribution in [0.25, 0.3) is 33.1 Å². The molecule has 3 aromatic carbocycles. The van der Waals surface area contributed by atoms with Crippen molar-refractivity contribution in [2.45, 2.75) is 6.92 Å². The summed E-state index contributed by atoms with van der Waals surface area (Å²) in [5.41, 5.74) is 8.93. The minimum atomic E-state index is 0.457. The van der Waals surface area contributed by atoms with Crippen molar-refractivity contribution in [2.24, 2.45) is 5.10 Å². The van der Waals surface area contributed by atoms with Crippen LogP contribution in [0.3, 0.4) is 0 Å². The summed E-state index contributed by atoms with van der Waals surface area (Å²) < 4.78 is 0. The monoisotopic (exact) mass is 389 g/mol. The van der Waals surface area contributed by atoms with E-state index in [1.807, 2.05) is 54.6 Å². The standard InChI is InChI=1S/C25H19N5/c1-17-10-12-18(13-11-17)24-21-7-3-5-9-23(21)28-25(29-24)30-27-16-19-14-15-26-22-8-4-2-6-20(19)22/h2-16H,1H3,(H,28,29,30)/b27-16-.